The maximum absolute atomic E-state index is 12.7. The van der Waals surface area contributed by atoms with Crippen molar-refractivity contribution < 1.29 is 9.59 Å². The molecule has 4 nitrogen and oxygen atoms in total. The topological polar surface area (TPSA) is 49.4 Å². The number of hydrogen-bond acceptors (Lipinski definition) is 2. The lowest BCUT2D eigenvalue weighted by atomic mass is 10.1. The molecule has 0 saturated carbocycles. The zero-order chi connectivity index (χ0) is 16.8. The molecule has 0 aliphatic carbocycles. The summed E-state index contributed by atoms with van der Waals surface area (Å²) in [4.78, 5) is 26.3. The number of nitrogens with zero attached hydrogens (tertiary/aromatic N) is 1. The molecule has 2 aromatic rings. The predicted molar refractivity (Wildman–Crippen MR) is 92.8 cm³/mol. The van der Waals surface area contributed by atoms with E-state index in [-0.39, 0.29) is 17.9 Å². The SMILES string of the molecule is CCN(C(=O)c1ccc(C(=O)NC(C)C)cc1)c1ccccc1. The van der Waals surface area contributed by atoms with Crippen molar-refractivity contribution in [3.63, 3.8) is 0 Å². The molecule has 1 N–H and O–H groups in total. The Labute approximate surface area is 137 Å². The number of carbonyl (C=O) groups excluding carboxylic acids is 2. The minimum atomic E-state index is -0.130. The van der Waals surface area contributed by atoms with E-state index in [1.807, 2.05) is 51.1 Å². The highest BCUT2D eigenvalue weighted by molar-refractivity contribution is 6.06. The Hall–Kier alpha value is -2.62. The van der Waals surface area contributed by atoms with Gasteiger partial charge < -0.3 is 10.2 Å². The third kappa shape index (κ3) is 4.19. The van der Waals surface area contributed by atoms with Crippen molar-refractivity contribution in [3.8, 4) is 0 Å². The van der Waals surface area contributed by atoms with Crippen LogP contribution in [0.5, 0.6) is 0 Å². The van der Waals surface area contributed by atoms with Crippen LogP contribution in [0.2, 0.25) is 0 Å². The summed E-state index contributed by atoms with van der Waals surface area (Å²) in [5, 5.41) is 2.83. The standard InChI is InChI=1S/C19H22N2O2/c1-4-21(17-8-6-5-7-9-17)19(23)16-12-10-15(11-13-16)18(22)20-14(2)3/h5-14H,4H2,1-3H3,(H,20,22). The van der Waals surface area contributed by atoms with Crippen LogP contribution in [0.1, 0.15) is 41.5 Å². The molecule has 0 saturated heterocycles. The maximum Gasteiger partial charge on any atom is 0.258 e. The lowest BCUT2D eigenvalue weighted by Crippen LogP contribution is -2.31. The molecule has 2 rings (SSSR count). The van der Waals surface area contributed by atoms with Crippen molar-refractivity contribution in [2.24, 2.45) is 0 Å². The molecule has 23 heavy (non-hydrogen) atoms. The molecule has 0 bridgehead atoms. The zero-order valence-electron chi connectivity index (χ0n) is 13.7. The fourth-order valence-electron chi connectivity index (χ4n) is 2.32. The van der Waals surface area contributed by atoms with Gasteiger partial charge in [-0.05, 0) is 57.2 Å². The molecule has 0 spiro atoms. The lowest BCUT2D eigenvalue weighted by Gasteiger charge is -2.21. The summed E-state index contributed by atoms with van der Waals surface area (Å²) >= 11 is 0. The highest BCUT2D eigenvalue weighted by atomic mass is 16.2. The molecule has 120 valence electrons. The number of hydrogen-bond donors (Lipinski definition) is 1. The fraction of sp³-hybridized carbons (Fsp3) is 0.263. The second kappa shape index (κ2) is 7.58. The fourth-order valence-corrected chi connectivity index (χ4v) is 2.32. The van der Waals surface area contributed by atoms with Gasteiger partial charge in [-0.15, -0.1) is 0 Å². The first-order valence-electron chi connectivity index (χ1n) is 7.80. The Bertz CT molecular complexity index is 664. The van der Waals surface area contributed by atoms with Crippen LogP contribution in [0.3, 0.4) is 0 Å². The summed E-state index contributed by atoms with van der Waals surface area (Å²) in [6.45, 7) is 6.34. The third-order valence-electron chi connectivity index (χ3n) is 3.44. The predicted octanol–water partition coefficient (Wildman–Crippen LogP) is 3.49. The van der Waals surface area contributed by atoms with Gasteiger partial charge in [-0.2, -0.15) is 0 Å². The van der Waals surface area contributed by atoms with E-state index in [2.05, 4.69) is 5.32 Å². The highest BCUT2D eigenvalue weighted by Crippen LogP contribution is 2.17. The number of nitrogens with one attached hydrogen (secondary N) is 1. The number of para-hydroxylation sites is 1. The van der Waals surface area contributed by atoms with Crippen molar-refractivity contribution >= 4 is 17.5 Å². The molecule has 2 aromatic carbocycles. The smallest absolute Gasteiger partial charge is 0.258 e. The van der Waals surface area contributed by atoms with Crippen molar-refractivity contribution in [1.82, 2.24) is 5.32 Å². The highest BCUT2D eigenvalue weighted by Gasteiger charge is 2.16. The summed E-state index contributed by atoms with van der Waals surface area (Å²) in [5.41, 5.74) is 1.98. The van der Waals surface area contributed by atoms with E-state index < -0.39 is 0 Å². The van der Waals surface area contributed by atoms with Crippen LogP contribution in [0.25, 0.3) is 0 Å². The van der Waals surface area contributed by atoms with E-state index in [4.69, 9.17) is 0 Å². The van der Waals surface area contributed by atoms with Gasteiger partial charge in [-0.1, -0.05) is 18.2 Å². The van der Waals surface area contributed by atoms with Gasteiger partial charge in [-0.3, -0.25) is 9.59 Å². The number of rotatable bonds is 5. The van der Waals surface area contributed by atoms with Crippen LogP contribution < -0.4 is 10.2 Å². The number of benzene rings is 2. The second-order valence-electron chi connectivity index (χ2n) is 5.59. The number of carbonyl (C=O) groups is 2. The summed E-state index contributed by atoms with van der Waals surface area (Å²) < 4.78 is 0. The first kappa shape index (κ1) is 16.7. The summed E-state index contributed by atoms with van der Waals surface area (Å²) in [7, 11) is 0. The van der Waals surface area contributed by atoms with Gasteiger partial charge in [0, 0.05) is 29.4 Å². The quantitative estimate of drug-likeness (QED) is 0.919. The number of anilines is 1. The van der Waals surface area contributed by atoms with Gasteiger partial charge in [0.15, 0.2) is 0 Å². The third-order valence-corrected chi connectivity index (χ3v) is 3.44. The van der Waals surface area contributed by atoms with Crippen LogP contribution in [0, 0.1) is 0 Å². The zero-order valence-corrected chi connectivity index (χ0v) is 13.7. The van der Waals surface area contributed by atoms with Crippen LogP contribution in [-0.4, -0.2) is 24.4 Å². The Morgan fingerprint density at radius 3 is 2.04 bits per heavy atom. The van der Waals surface area contributed by atoms with Crippen molar-refractivity contribution in [3.05, 3.63) is 65.7 Å². The Kier molecular flexibility index (Phi) is 5.52. The molecule has 0 heterocycles. The normalized spacial score (nSPS) is 10.4. The van der Waals surface area contributed by atoms with E-state index >= 15 is 0 Å². The van der Waals surface area contributed by atoms with Gasteiger partial charge in [0.25, 0.3) is 11.8 Å². The second-order valence-corrected chi connectivity index (χ2v) is 5.59. The summed E-state index contributed by atoms with van der Waals surface area (Å²) in [6, 6.07) is 16.4. The monoisotopic (exact) mass is 310 g/mol. The molecular formula is C19H22N2O2. The summed E-state index contributed by atoms with van der Waals surface area (Å²) in [6.07, 6.45) is 0. The first-order chi connectivity index (χ1) is 11.0. The molecule has 0 aliphatic rings. The van der Waals surface area contributed by atoms with Gasteiger partial charge in [0.2, 0.25) is 0 Å². The largest absolute Gasteiger partial charge is 0.350 e. The van der Waals surface area contributed by atoms with Gasteiger partial charge in [-0.25, -0.2) is 0 Å². The first-order valence-corrected chi connectivity index (χ1v) is 7.80. The van der Waals surface area contributed by atoms with Crippen molar-refractivity contribution in [1.29, 1.82) is 0 Å². The maximum atomic E-state index is 12.7. The molecule has 0 unspecified atom stereocenters. The average Bonchev–Trinajstić information content (AvgIpc) is 2.56. The molecule has 0 radical (unpaired) electrons. The van der Waals surface area contributed by atoms with E-state index in [1.165, 1.54) is 0 Å². The van der Waals surface area contributed by atoms with Gasteiger partial charge >= 0.3 is 0 Å². The summed E-state index contributed by atoms with van der Waals surface area (Å²) in [5.74, 6) is -0.205. The van der Waals surface area contributed by atoms with Crippen molar-refractivity contribution in [2.75, 3.05) is 11.4 Å². The minimum Gasteiger partial charge on any atom is -0.350 e. The Morgan fingerprint density at radius 1 is 0.957 bits per heavy atom. The lowest BCUT2D eigenvalue weighted by molar-refractivity contribution is 0.0940. The van der Waals surface area contributed by atoms with E-state index in [1.54, 1.807) is 29.2 Å². The van der Waals surface area contributed by atoms with Crippen molar-refractivity contribution in [2.45, 2.75) is 26.8 Å². The molecule has 0 aliphatic heterocycles. The molecule has 0 aromatic heterocycles. The molecule has 0 fully saturated rings. The minimum absolute atomic E-state index is 0.0745. The average molecular weight is 310 g/mol. The molecular weight excluding hydrogens is 288 g/mol. The van der Waals surface area contributed by atoms with E-state index in [0.717, 1.165) is 5.69 Å². The van der Waals surface area contributed by atoms with E-state index in [0.29, 0.717) is 17.7 Å². The van der Waals surface area contributed by atoms with Crippen LogP contribution in [0.4, 0.5) is 5.69 Å². The number of amides is 2. The Balaban J connectivity index is 2.18. The molecule has 0 atom stereocenters. The Morgan fingerprint density at radius 2 is 1.52 bits per heavy atom. The molecule has 4 heteroatoms. The van der Waals surface area contributed by atoms with E-state index in [9.17, 15) is 9.59 Å². The van der Waals surface area contributed by atoms with Gasteiger partial charge in [0.1, 0.15) is 0 Å². The van der Waals surface area contributed by atoms with Crippen LogP contribution >= 0.6 is 0 Å². The van der Waals surface area contributed by atoms with Gasteiger partial charge in [0.05, 0.1) is 0 Å². The van der Waals surface area contributed by atoms with Crippen LogP contribution in [-0.2, 0) is 0 Å². The van der Waals surface area contributed by atoms with Crippen LogP contribution in [0.15, 0.2) is 54.6 Å². The molecule has 2 amide bonds.